The van der Waals surface area contributed by atoms with Crippen molar-refractivity contribution in [2.24, 2.45) is 5.92 Å². The zero-order valence-electron chi connectivity index (χ0n) is 15.4. The second kappa shape index (κ2) is 8.71. The van der Waals surface area contributed by atoms with Crippen molar-refractivity contribution in [2.75, 3.05) is 12.3 Å². The van der Waals surface area contributed by atoms with Crippen molar-refractivity contribution in [3.05, 3.63) is 23.6 Å². The molecule has 0 fully saturated rings. The summed E-state index contributed by atoms with van der Waals surface area (Å²) in [6, 6.07) is -0.340. The van der Waals surface area contributed by atoms with Gasteiger partial charge in [0.2, 0.25) is 5.95 Å². The van der Waals surface area contributed by atoms with Crippen molar-refractivity contribution in [1.29, 1.82) is 0 Å². The van der Waals surface area contributed by atoms with Gasteiger partial charge < -0.3 is 34.4 Å². The van der Waals surface area contributed by atoms with E-state index < -0.39 is 39.8 Å². The highest BCUT2D eigenvalue weighted by molar-refractivity contribution is 8.08. The number of nitrogen functional groups attached to an aromatic ring is 1. The number of allylic oxidation sites excluding steroid dienone is 1. The first kappa shape index (κ1) is 25.7. The lowest BCUT2D eigenvalue weighted by Gasteiger charge is -2.32. The van der Waals surface area contributed by atoms with Gasteiger partial charge in [0.05, 0.1) is 19.0 Å². The summed E-state index contributed by atoms with van der Waals surface area (Å²) in [6.45, 7) is -5.50. The molecule has 2 aromatic rings. The third kappa shape index (κ3) is 5.11. The number of fused-ring (bicyclic) bond motifs is 1. The van der Waals surface area contributed by atoms with Gasteiger partial charge in [-0.2, -0.15) is 18.7 Å². The van der Waals surface area contributed by atoms with Crippen molar-refractivity contribution < 1.29 is 46.3 Å². The number of hydrogen-bond acceptors (Lipinski definition) is 10. The molecule has 5 N–H and O–H groups in total. The first-order valence-electron chi connectivity index (χ1n) is 8.31. The van der Waals surface area contributed by atoms with Gasteiger partial charge in [-0.25, -0.2) is 4.98 Å². The molecule has 0 spiro atoms. The van der Waals surface area contributed by atoms with E-state index in [-0.39, 0.29) is 17.1 Å². The molecule has 2 aromatic heterocycles. The number of anilines is 1. The highest BCUT2D eigenvalue weighted by Gasteiger charge is 2.65. The summed E-state index contributed by atoms with van der Waals surface area (Å²) in [5, 5.41) is -5.47. The van der Waals surface area contributed by atoms with Crippen LogP contribution in [-0.2, 0) is 29.8 Å². The zero-order valence-corrected chi connectivity index (χ0v) is 19.7. The third-order valence-electron chi connectivity index (χ3n) is 4.25. The van der Waals surface area contributed by atoms with Crippen molar-refractivity contribution in [1.82, 2.24) is 19.5 Å². The smallest absolute Gasteiger partial charge is 0.444 e. The average Bonchev–Trinajstić information content (AvgIpc) is 3.24. The number of aromatic nitrogens is 4. The normalized spacial score (nSPS) is 23.3. The summed E-state index contributed by atoms with van der Waals surface area (Å²) in [5.41, 5.74) is 6.25. The Morgan fingerprint density at radius 3 is 2.62 bits per heavy atom. The van der Waals surface area contributed by atoms with Gasteiger partial charge in [-0.3, -0.25) is 13.4 Å². The highest BCUT2D eigenvalue weighted by Crippen LogP contribution is 2.76. The summed E-state index contributed by atoms with van der Waals surface area (Å²) in [7, 11) is -12.9. The minimum atomic E-state index is -6.45. The van der Waals surface area contributed by atoms with E-state index in [1.165, 1.54) is 6.33 Å². The molecule has 178 valence electrons. The first-order chi connectivity index (χ1) is 14.5. The molecule has 32 heavy (non-hydrogen) atoms. The van der Waals surface area contributed by atoms with E-state index in [2.05, 4.69) is 31.1 Å². The van der Waals surface area contributed by atoms with Gasteiger partial charge in [0.15, 0.2) is 10.8 Å². The Hall–Kier alpha value is -0.890. The molecule has 0 radical (unpaired) electrons. The molecule has 4 atom stereocenters. The van der Waals surface area contributed by atoms with Gasteiger partial charge in [-0.1, -0.05) is 35.6 Å². The van der Waals surface area contributed by atoms with Crippen LogP contribution in [0.2, 0.25) is 5.15 Å². The summed E-state index contributed by atoms with van der Waals surface area (Å²) in [6.07, 6.45) is 5.06. The highest BCUT2D eigenvalue weighted by atomic mass is 35.5. The molecule has 0 saturated carbocycles. The SMILES string of the molecule is Nc1nc(Cl)c2ncn([C@H]3C=C[C@@H](COP([O-])(=S)OP(=O)(O)C(F)(F)P(=O)(O)O)C3)c2n1. The molecular formula is C12H14ClF2N5O8P3S-. The van der Waals surface area contributed by atoms with E-state index in [9.17, 15) is 27.7 Å². The molecule has 0 aromatic carbocycles. The van der Waals surface area contributed by atoms with Crippen LogP contribution in [-0.4, -0.2) is 46.2 Å². The number of halogens is 3. The lowest BCUT2D eigenvalue weighted by molar-refractivity contribution is -0.200. The van der Waals surface area contributed by atoms with Crippen molar-refractivity contribution in [2.45, 2.75) is 17.9 Å². The standard InChI is InChI=1S/C12H15ClF2N5O8P3S/c13-9-8-10(19-11(16)18-9)20(5-17-8)7-2-1-6(3-7)4-27-31(26,32)28-30(24,25)12(14,15)29(21,22)23/h1-2,5-7H,3-4H2,(H,24,25)(H,26,32)(H2,16,18,19)(H2,21,22,23)/p-1/t6-,7+,31?/m1/s1. The Morgan fingerprint density at radius 2 is 2.00 bits per heavy atom. The van der Waals surface area contributed by atoms with Gasteiger partial charge in [-0.15, -0.1) is 0 Å². The largest absolute Gasteiger partial charge is 0.779 e. The molecule has 20 heteroatoms. The second-order valence-electron chi connectivity index (χ2n) is 6.54. The van der Waals surface area contributed by atoms with Crippen LogP contribution in [0.4, 0.5) is 14.7 Å². The molecule has 1 aliphatic rings. The topological polar surface area (TPSA) is 206 Å². The quantitative estimate of drug-likeness (QED) is 0.208. The predicted octanol–water partition coefficient (Wildman–Crippen LogP) is 1.71. The molecule has 13 nitrogen and oxygen atoms in total. The summed E-state index contributed by atoms with van der Waals surface area (Å²) in [4.78, 5) is 50.4. The lowest BCUT2D eigenvalue weighted by atomic mass is 10.1. The van der Waals surface area contributed by atoms with E-state index >= 15 is 0 Å². The van der Waals surface area contributed by atoms with E-state index in [1.54, 1.807) is 16.7 Å². The number of imidazole rings is 1. The second-order valence-corrected chi connectivity index (χ2v) is 13.7. The predicted molar refractivity (Wildman–Crippen MR) is 109 cm³/mol. The lowest BCUT2D eigenvalue weighted by Crippen LogP contribution is -2.20. The average molecular weight is 555 g/mol. The van der Waals surface area contributed by atoms with Crippen LogP contribution in [0.15, 0.2) is 18.5 Å². The van der Waals surface area contributed by atoms with Crippen molar-refractivity contribution >= 4 is 62.4 Å². The van der Waals surface area contributed by atoms with Crippen LogP contribution in [0.1, 0.15) is 12.5 Å². The van der Waals surface area contributed by atoms with Crippen LogP contribution < -0.4 is 10.6 Å². The number of alkyl halides is 2. The number of nitrogens with zero attached hydrogens (tertiary/aromatic N) is 4. The number of hydrogen-bond donors (Lipinski definition) is 4. The Bertz CT molecular complexity index is 1220. The molecule has 0 amide bonds. The fourth-order valence-corrected chi connectivity index (χ4v) is 7.68. The molecule has 0 saturated heterocycles. The summed E-state index contributed by atoms with van der Waals surface area (Å²) >= 11 is 10.3. The summed E-state index contributed by atoms with van der Waals surface area (Å²) in [5.74, 6) is -0.566. The Kier molecular flexibility index (Phi) is 7.01. The maximum absolute atomic E-state index is 13.5. The van der Waals surface area contributed by atoms with E-state index in [1.807, 2.05) is 0 Å². The minimum absolute atomic E-state index is 0.0536. The van der Waals surface area contributed by atoms with Crippen LogP contribution in [0, 0.1) is 5.92 Å². The molecule has 3 rings (SSSR count). The number of nitrogens with two attached hydrogens (primary N) is 1. The monoisotopic (exact) mass is 554 g/mol. The molecule has 0 bridgehead atoms. The Balaban J connectivity index is 1.66. The zero-order chi connectivity index (χ0) is 24.1. The minimum Gasteiger partial charge on any atom is -0.779 e. The van der Waals surface area contributed by atoms with Gasteiger partial charge in [-0.05, 0) is 6.42 Å². The van der Waals surface area contributed by atoms with E-state index in [0.29, 0.717) is 17.6 Å². The van der Waals surface area contributed by atoms with Gasteiger partial charge in [0, 0.05) is 5.92 Å². The molecule has 2 heterocycles. The fourth-order valence-electron chi connectivity index (χ4n) is 2.78. The van der Waals surface area contributed by atoms with Crippen LogP contribution in [0.5, 0.6) is 0 Å². The number of rotatable bonds is 8. The summed E-state index contributed by atoms with van der Waals surface area (Å²) < 4.78 is 59.5. The fraction of sp³-hybridized carbons (Fsp3) is 0.417. The molecule has 2 unspecified atom stereocenters. The molecule has 0 aliphatic heterocycles. The van der Waals surface area contributed by atoms with Crippen LogP contribution in [0.3, 0.4) is 0 Å². The van der Waals surface area contributed by atoms with Crippen molar-refractivity contribution in [3.63, 3.8) is 0 Å². The van der Waals surface area contributed by atoms with E-state index in [4.69, 9.17) is 31.6 Å². The van der Waals surface area contributed by atoms with Crippen molar-refractivity contribution in [3.8, 4) is 0 Å². The van der Waals surface area contributed by atoms with Crippen LogP contribution in [0.25, 0.3) is 11.2 Å². The van der Waals surface area contributed by atoms with Gasteiger partial charge in [0.1, 0.15) is 12.2 Å². The van der Waals surface area contributed by atoms with Crippen LogP contribution >= 0.6 is 33.5 Å². The molecule has 1 aliphatic carbocycles. The molecular weight excluding hydrogens is 541 g/mol. The Morgan fingerprint density at radius 1 is 1.34 bits per heavy atom. The third-order valence-corrected chi connectivity index (χ3v) is 10.5. The maximum Gasteiger partial charge on any atom is 0.444 e. The van der Waals surface area contributed by atoms with Gasteiger partial charge >= 0.3 is 20.6 Å². The first-order valence-corrected chi connectivity index (χ1v) is 14.4. The maximum atomic E-state index is 13.5. The Labute approximate surface area is 188 Å². The van der Waals surface area contributed by atoms with E-state index in [0.717, 1.165) is 0 Å². The van der Waals surface area contributed by atoms with Gasteiger partial charge in [0.25, 0.3) is 0 Å².